The zero-order valence-electron chi connectivity index (χ0n) is 20.0. The van der Waals surface area contributed by atoms with Crippen LogP contribution in [0.15, 0.2) is 30.3 Å². The first-order valence-corrected chi connectivity index (χ1v) is 13.8. The molecule has 0 N–H and O–H groups in total. The van der Waals surface area contributed by atoms with Gasteiger partial charge >= 0.3 is 37.3 Å². The van der Waals surface area contributed by atoms with Crippen LogP contribution in [0.2, 0.25) is 0 Å². The Bertz CT molecular complexity index is 1240. The maximum Gasteiger partial charge on any atom is 0.523 e. The molecule has 3 saturated heterocycles. The normalized spacial score (nSPS) is 31.4. The van der Waals surface area contributed by atoms with Crippen LogP contribution in [0.3, 0.4) is 0 Å². The molecule has 0 radical (unpaired) electrons. The summed E-state index contributed by atoms with van der Waals surface area (Å²) in [6.45, 7) is 4.19. The van der Waals surface area contributed by atoms with Gasteiger partial charge in [0.05, 0.1) is 12.1 Å². The molecule has 220 valence electrons. The zero-order chi connectivity index (χ0) is 29.3. The largest absolute Gasteiger partial charge is 0.523 e. The van der Waals surface area contributed by atoms with E-state index in [4.69, 9.17) is 14.2 Å². The van der Waals surface area contributed by atoms with Gasteiger partial charge in [-0.15, -0.1) is 0 Å². The van der Waals surface area contributed by atoms with E-state index in [0.717, 1.165) is 0 Å². The second-order valence-electron chi connectivity index (χ2n) is 9.73. The highest BCUT2D eigenvalue weighted by atomic mass is 32.2. The minimum Gasteiger partial charge on any atom is -0.444 e. The fourth-order valence-corrected chi connectivity index (χ4v) is 5.82. The van der Waals surface area contributed by atoms with E-state index in [2.05, 4.69) is 8.37 Å². The first-order chi connectivity index (χ1) is 17.6. The van der Waals surface area contributed by atoms with Gasteiger partial charge < -0.3 is 14.2 Å². The Morgan fingerprint density at radius 2 is 1.21 bits per heavy atom. The summed E-state index contributed by atoms with van der Waals surface area (Å²) in [5, 5.41) is 0. The molecule has 19 heteroatoms. The van der Waals surface area contributed by atoms with E-state index in [1.807, 2.05) is 0 Å². The molecule has 3 aliphatic heterocycles. The van der Waals surface area contributed by atoms with Crippen LogP contribution in [-0.4, -0.2) is 80.9 Å². The van der Waals surface area contributed by atoms with Crippen molar-refractivity contribution < 1.29 is 70.5 Å². The second-order valence-corrected chi connectivity index (χ2v) is 12.9. The lowest BCUT2D eigenvalue weighted by atomic mass is 9.90. The number of carbonyl (C=O) groups is 1. The van der Waals surface area contributed by atoms with Gasteiger partial charge in [-0.2, -0.15) is 43.2 Å². The SMILES string of the molecule is CC(C)(C)OC(=O)N1[C@@H]2[C@H](OS(=O)(=O)C(F)(F)F)[C@H](OS(=O)(=O)C(F)(F)F)[C@H]1[C@@H]1OC(c3ccccc3)O[C@@H]12. The number of rotatable bonds is 5. The van der Waals surface area contributed by atoms with Gasteiger partial charge in [-0.3, -0.25) is 13.3 Å². The quantitative estimate of drug-likeness (QED) is 0.277. The molecular formula is C20H21F6NO10S2. The van der Waals surface area contributed by atoms with Gasteiger partial charge in [-0.25, -0.2) is 4.79 Å². The van der Waals surface area contributed by atoms with Crippen molar-refractivity contribution in [1.29, 1.82) is 0 Å². The Kier molecular flexibility index (Phi) is 7.21. The van der Waals surface area contributed by atoms with E-state index in [1.165, 1.54) is 32.9 Å². The van der Waals surface area contributed by atoms with Crippen LogP contribution in [0.25, 0.3) is 0 Å². The Morgan fingerprint density at radius 3 is 1.56 bits per heavy atom. The fourth-order valence-electron chi connectivity index (χ4n) is 4.57. The molecule has 1 aromatic rings. The molecular weight excluding hydrogens is 592 g/mol. The molecule has 3 heterocycles. The molecule has 39 heavy (non-hydrogen) atoms. The number of hydrogen-bond acceptors (Lipinski definition) is 10. The Morgan fingerprint density at radius 1 is 0.795 bits per heavy atom. The smallest absolute Gasteiger partial charge is 0.444 e. The average Bonchev–Trinajstić information content (AvgIpc) is 3.39. The van der Waals surface area contributed by atoms with Crippen LogP contribution in [0.1, 0.15) is 32.6 Å². The molecule has 2 bridgehead atoms. The van der Waals surface area contributed by atoms with Crippen LogP contribution in [0.4, 0.5) is 31.1 Å². The summed E-state index contributed by atoms with van der Waals surface area (Å²) in [7, 11) is -13.1. The van der Waals surface area contributed by atoms with E-state index in [0.29, 0.717) is 10.5 Å². The van der Waals surface area contributed by atoms with Crippen molar-refractivity contribution in [3.8, 4) is 0 Å². The van der Waals surface area contributed by atoms with Crippen molar-refractivity contribution in [2.75, 3.05) is 0 Å². The van der Waals surface area contributed by atoms with Crippen molar-refractivity contribution in [2.45, 2.75) is 80.2 Å². The average molecular weight is 614 g/mol. The van der Waals surface area contributed by atoms with E-state index < -0.39 is 85.7 Å². The monoisotopic (exact) mass is 613 g/mol. The molecule has 11 nitrogen and oxygen atoms in total. The van der Waals surface area contributed by atoms with Crippen LogP contribution >= 0.6 is 0 Å². The fraction of sp³-hybridized carbons (Fsp3) is 0.650. The minimum absolute atomic E-state index is 0.357. The van der Waals surface area contributed by atoms with Crippen LogP contribution < -0.4 is 0 Å². The zero-order valence-corrected chi connectivity index (χ0v) is 21.7. The maximum atomic E-state index is 13.2. The molecule has 1 aromatic carbocycles. The van der Waals surface area contributed by atoms with Gasteiger partial charge in [0.25, 0.3) is 0 Å². The maximum absolute atomic E-state index is 13.2. The molecule has 1 unspecified atom stereocenters. The first kappa shape index (κ1) is 29.8. The van der Waals surface area contributed by atoms with Crippen molar-refractivity contribution in [2.24, 2.45) is 0 Å². The van der Waals surface area contributed by atoms with Crippen molar-refractivity contribution in [3.63, 3.8) is 0 Å². The molecule has 7 atom stereocenters. The molecule has 3 aliphatic rings. The summed E-state index contributed by atoms with van der Waals surface area (Å²) >= 11 is 0. The predicted octanol–water partition coefficient (Wildman–Crippen LogP) is 2.94. The van der Waals surface area contributed by atoms with Crippen molar-refractivity contribution in [3.05, 3.63) is 35.9 Å². The molecule has 3 fully saturated rings. The third-order valence-corrected chi connectivity index (χ3v) is 8.00. The van der Waals surface area contributed by atoms with Gasteiger partial charge in [0.2, 0.25) is 0 Å². The molecule has 0 saturated carbocycles. The Balaban J connectivity index is 1.81. The van der Waals surface area contributed by atoms with Crippen molar-refractivity contribution >= 4 is 26.3 Å². The number of ether oxygens (including phenoxy) is 3. The van der Waals surface area contributed by atoms with Gasteiger partial charge in [-0.05, 0) is 20.8 Å². The number of hydrogen-bond donors (Lipinski definition) is 0. The van der Waals surface area contributed by atoms with E-state index in [-0.39, 0.29) is 0 Å². The summed E-state index contributed by atoms with van der Waals surface area (Å²) < 4.78 is 152. The lowest BCUT2D eigenvalue weighted by Gasteiger charge is -2.32. The summed E-state index contributed by atoms with van der Waals surface area (Å²) in [4.78, 5) is 13.6. The summed E-state index contributed by atoms with van der Waals surface area (Å²) in [5.74, 6) is 0. The molecule has 1 amide bonds. The topological polar surface area (TPSA) is 135 Å². The number of nitrogens with zero attached hydrogens (tertiary/aromatic N) is 1. The summed E-state index contributed by atoms with van der Waals surface area (Å²) in [6, 6.07) is 3.93. The number of amides is 1. The highest BCUT2D eigenvalue weighted by Crippen LogP contribution is 2.52. The Hall–Kier alpha value is -2.19. The first-order valence-electron chi connectivity index (χ1n) is 11.0. The van der Waals surface area contributed by atoms with Crippen LogP contribution in [0, 0.1) is 0 Å². The molecule has 0 spiro atoms. The number of alkyl halides is 6. The Labute approximate surface area is 218 Å². The number of benzene rings is 1. The van der Waals surface area contributed by atoms with E-state index in [9.17, 15) is 48.0 Å². The number of halogens is 6. The lowest BCUT2D eigenvalue weighted by Crippen LogP contribution is -2.55. The molecule has 4 rings (SSSR count). The van der Waals surface area contributed by atoms with Gasteiger partial charge in [0.15, 0.2) is 6.29 Å². The summed E-state index contributed by atoms with van der Waals surface area (Å²) in [5.41, 5.74) is -13.0. The standard InChI is InChI=1S/C20H21F6NO10S2/c1-18(2,3)35-17(28)27-10-12-13(34-16(33-12)9-7-5-4-6-8-9)11(27)15(37-39(31,32)20(24,25)26)14(10)36-38(29,30)19(21,22)23/h4-8,10-16H,1-3H3/t10-,11+,12+,13-,14-,15+,16?. The van der Waals surface area contributed by atoms with Crippen molar-refractivity contribution in [1.82, 2.24) is 4.90 Å². The van der Waals surface area contributed by atoms with E-state index in [1.54, 1.807) is 18.2 Å². The van der Waals surface area contributed by atoms with Crippen LogP contribution in [-0.2, 0) is 42.8 Å². The highest BCUT2D eigenvalue weighted by molar-refractivity contribution is 7.88. The van der Waals surface area contributed by atoms with Crippen LogP contribution in [0.5, 0.6) is 0 Å². The molecule has 0 aromatic heterocycles. The third-order valence-electron chi connectivity index (χ3n) is 5.92. The minimum atomic E-state index is -6.54. The van der Waals surface area contributed by atoms with Gasteiger partial charge in [0.1, 0.15) is 30.0 Å². The molecule has 0 aliphatic carbocycles. The number of fused-ring (bicyclic) bond motifs is 5. The van der Waals surface area contributed by atoms with Gasteiger partial charge in [-0.1, -0.05) is 30.3 Å². The number of carbonyl (C=O) groups excluding carboxylic acids is 1. The van der Waals surface area contributed by atoms with E-state index >= 15 is 0 Å². The summed E-state index contributed by atoms with van der Waals surface area (Å²) in [6.07, 6.45) is -10.8. The predicted molar refractivity (Wildman–Crippen MR) is 114 cm³/mol. The third kappa shape index (κ3) is 5.43. The lowest BCUT2D eigenvalue weighted by molar-refractivity contribution is -0.0976. The second kappa shape index (κ2) is 9.44. The van der Waals surface area contributed by atoms with Gasteiger partial charge in [0, 0.05) is 5.56 Å². The highest BCUT2D eigenvalue weighted by Gasteiger charge is 2.73.